The van der Waals surface area contributed by atoms with Crippen molar-refractivity contribution in [1.29, 1.82) is 0 Å². The van der Waals surface area contributed by atoms with Crippen LogP contribution >= 0.6 is 0 Å². The highest BCUT2D eigenvalue weighted by molar-refractivity contribution is 4.79. The molecule has 3 nitrogen and oxygen atoms in total. The maximum Gasteiger partial charge on any atom is 0.0446 e. The van der Waals surface area contributed by atoms with Crippen molar-refractivity contribution in [2.75, 3.05) is 33.8 Å². The lowest BCUT2D eigenvalue weighted by Crippen LogP contribution is -2.39. The molecule has 0 spiro atoms. The Bertz CT molecular complexity index is 152. The average Bonchev–Trinajstić information content (AvgIpc) is 2.21. The minimum absolute atomic E-state index is 0.303. The van der Waals surface area contributed by atoms with Crippen LogP contribution in [-0.4, -0.2) is 60.8 Å². The topological polar surface area (TPSA) is 26.7 Å². The molecule has 13 heavy (non-hydrogen) atoms. The van der Waals surface area contributed by atoms with Crippen LogP contribution in [-0.2, 0) is 0 Å². The second kappa shape index (κ2) is 4.94. The minimum Gasteiger partial charge on any atom is -0.396 e. The Kier molecular flexibility index (Phi) is 4.16. The summed E-state index contributed by atoms with van der Waals surface area (Å²) in [4.78, 5) is 4.76. The van der Waals surface area contributed by atoms with Gasteiger partial charge in [0.25, 0.3) is 0 Å². The van der Waals surface area contributed by atoms with Gasteiger partial charge in [-0.1, -0.05) is 0 Å². The summed E-state index contributed by atoms with van der Waals surface area (Å²) in [6, 6.07) is 1.20. The Morgan fingerprint density at radius 2 is 2.00 bits per heavy atom. The molecule has 1 heterocycles. The van der Waals surface area contributed by atoms with Gasteiger partial charge >= 0.3 is 0 Å². The van der Waals surface area contributed by atoms with Crippen molar-refractivity contribution < 1.29 is 5.11 Å². The highest BCUT2D eigenvalue weighted by Gasteiger charge is 2.23. The van der Waals surface area contributed by atoms with Gasteiger partial charge in [-0.2, -0.15) is 0 Å². The molecule has 3 heteroatoms. The van der Waals surface area contributed by atoms with Crippen LogP contribution in [0.1, 0.15) is 19.8 Å². The zero-order valence-electron chi connectivity index (χ0n) is 9.03. The summed E-state index contributed by atoms with van der Waals surface area (Å²) in [6.07, 6.45) is 2.13. The quantitative estimate of drug-likeness (QED) is 0.676. The first-order valence-corrected chi connectivity index (χ1v) is 5.16. The van der Waals surface area contributed by atoms with E-state index in [1.165, 1.54) is 6.42 Å². The number of aliphatic hydroxyl groups excluding tert-OH is 1. The van der Waals surface area contributed by atoms with Crippen molar-refractivity contribution >= 4 is 0 Å². The third-order valence-electron chi connectivity index (χ3n) is 3.24. The Labute approximate surface area is 81.3 Å². The first kappa shape index (κ1) is 11.0. The molecule has 0 aromatic carbocycles. The summed E-state index contributed by atoms with van der Waals surface area (Å²) in [6.45, 7) is 4.81. The fraction of sp³-hybridized carbons (Fsp3) is 1.00. The van der Waals surface area contributed by atoms with Crippen LogP contribution in [0.25, 0.3) is 0 Å². The maximum absolute atomic E-state index is 8.94. The smallest absolute Gasteiger partial charge is 0.0446 e. The van der Waals surface area contributed by atoms with Crippen LogP contribution in [0.5, 0.6) is 0 Å². The summed E-state index contributed by atoms with van der Waals surface area (Å²) in [5.74, 6) is 0. The molecule has 1 saturated heterocycles. The molecule has 0 bridgehead atoms. The Morgan fingerprint density at radius 3 is 2.62 bits per heavy atom. The number of likely N-dealkylation sites (N-methyl/N-ethyl adjacent to an activating group) is 2. The van der Waals surface area contributed by atoms with Crippen molar-refractivity contribution in [3.63, 3.8) is 0 Å². The molecule has 0 aliphatic carbocycles. The van der Waals surface area contributed by atoms with Gasteiger partial charge in [0.2, 0.25) is 0 Å². The molecule has 0 aromatic heterocycles. The van der Waals surface area contributed by atoms with Crippen molar-refractivity contribution in [3.8, 4) is 0 Å². The van der Waals surface area contributed by atoms with E-state index < -0.39 is 0 Å². The maximum atomic E-state index is 8.94. The summed E-state index contributed by atoms with van der Waals surface area (Å²) in [5, 5.41) is 8.94. The largest absolute Gasteiger partial charge is 0.396 e. The van der Waals surface area contributed by atoms with Gasteiger partial charge in [0, 0.05) is 25.2 Å². The number of nitrogens with zero attached hydrogens (tertiary/aromatic N) is 2. The highest BCUT2D eigenvalue weighted by atomic mass is 16.3. The van der Waals surface area contributed by atoms with Gasteiger partial charge in [0.15, 0.2) is 0 Å². The van der Waals surface area contributed by atoms with Gasteiger partial charge in [-0.25, -0.2) is 0 Å². The highest BCUT2D eigenvalue weighted by Crippen LogP contribution is 2.13. The van der Waals surface area contributed by atoms with Crippen LogP contribution in [0.15, 0.2) is 0 Å². The average molecular weight is 186 g/mol. The fourth-order valence-electron chi connectivity index (χ4n) is 1.91. The standard InChI is InChI=1S/C10H22N2O/c1-9-4-6-11(2)10(5-7-13)8-12(9)3/h9-10,13H,4-8H2,1-3H3. The fourth-order valence-corrected chi connectivity index (χ4v) is 1.91. The molecule has 2 unspecified atom stereocenters. The van der Waals surface area contributed by atoms with E-state index in [1.807, 2.05) is 0 Å². The summed E-state index contributed by atoms with van der Waals surface area (Å²) in [7, 11) is 4.33. The third kappa shape index (κ3) is 2.93. The molecule has 1 aliphatic rings. The van der Waals surface area contributed by atoms with Crippen LogP contribution < -0.4 is 0 Å². The molecule has 1 fully saturated rings. The molecule has 78 valence electrons. The third-order valence-corrected chi connectivity index (χ3v) is 3.24. The Hall–Kier alpha value is -0.120. The Morgan fingerprint density at radius 1 is 1.31 bits per heavy atom. The van der Waals surface area contributed by atoms with E-state index in [4.69, 9.17) is 5.11 Å². The van der Waals surface area contributed by atoms with E-state index in [2.05, 4.69) is 30.8 Å². The molecule has 0 amide bonds. The lowest BCUT2D eigenvalue weighted by atomic mass is 10.2. The van der Waals surface area contributed by atoms with E-state index in [-0.39, 0.29) is 0 Å². The molecule has 1 rings (SSSR count). The molecular formula is C10H22N2O. The number of hydrogen-bond acceptors (Lipinski definition) is 3. The monoisotopic (exact) mass is 186 g/mol. The number of hydrogen-bond donors (Lipinski definition) is 1. The first-order valence-electron chi connectivity index (χ1n) is 5.16. The molecule has 1 aliphatic heterocycles. The van der Waals surface area contributed by atoms with Crippen LogP contribution in [0.3, 0.4) is 0 Å². The lowest BCUT2D eigenvalue weighted by molar-refractivity contribution is 0.168. The van der Waals surface area contributed by atoms with E-state index in [9.17, 15) is 0 Å². The molecule has 0 saturated carbocycles. The zero-order valence-corrected chi connectivity index (χ0v) is 9.03. The van der Waals surface area contributed by atoms with Gasteiger partial charge in [0.1, 0.15) is 0 Å². The van der Waals surface area contributed by atoms with Gasteiger partial charge in [-0.05, 0) is 40.4 Å². The number of rotatable bonds is 2. The summed E-state index contributed by atoms with van der Waals surface area (Å²) < 4.78 is 0. The van der Waals surface area contributed by atoms with E-state index in [1.54, 1.807) is 0 Å². The predicted molar refractivity (Wildman–Crippen MR) is 54.8 cm³/mol. The van der Waals surface area contributed by atoms with Crippen molar-refractivity contribution in [3.05, 3.63) is 0 Å². The zero-order chi connectivity index (χ0) is 9.84. The summed E-state index contributed by atoms with van der Waals surface area (Å²) in [5.41, 5.74) is 0. The SMILES string of the molecule is CC1CCN(C)C(CCO)CN1C. The Balaban J connectivity index is 2.52. The van der Waals surface area contributed by atoms with E-state index in [0.29, 0.717) is 18.7 Å². The second-order valence-electron chi connectivity index (χ2n) is 4.22. The lowest BCUT2D eigenvalue weighted by Gasteiger charge is -2.27. The number of aliphatic hydroxyl groups is 1. The predicted octanol–water partition coefficient (Wildman–Crippen LogP) is 0.393. The first-order chi connectivity index (χ1) is 6.15. The van der Waals surface area contributed by atoms with E-state index in [0.717, 1.165) is 19.5 Å². The van der Waals surface area contributed by atoms with Crippen LogP contribution in [0.4, 0.5) is 0 Å². The van der Waals surface area contributed by atoms with Gasteiger partial charge in [0.05, 0.1) is 0 Å². The van der Waals surface area contributed by atoms with Gasteiger partial charge in [-0.3, -0.25) is 0 Å². The van der Waals surface area contributed by atoms with Gasteiger partial charge < -0.3 is 14.9 Å². The van der Waals surface area contributed by atoms with Crippen molar-refractivity contribution in [2.45, 2.75) is 31.8 Å². The normalized spacial score (nSPS) is 33.2. The van der Waals surface area contributed by atoms with Crippen molar-refractivity contribution in [1.82, 2.24) is 9.80 Å². The van der Waals surface area contributed by atoms with Crippen molar-refractivity contribution in [2.24, 2.45) is 0 Å². The second-order valence-corrected chi connectivity index (χ2v) is 4.22. The van der Waals surface area contributed by atoms with Gasteiger partial charge in [-0.15, -0.1) is 0 Å². The molecular weight excluding hydrogens is 164 g/mol. The summed E-state index contributed by atoms with van der Waals surface area (Å²) >= 11 is 0. The minimum atomic E-state index is 0.303. The molecule has 2 atom stereocenters. The van der Waals surface area contributed by atoms with Crippen LogP contribution in [0, 0.1) is 0 Å². The van der Waals surface area contributed by atoms with Crippen LogP contribution in [0.2, 0.25) is 0 Å². The molecule has 1 N–H and O–H groups in total. The van der Waals surface area contributed by atoms with E-state index >= 15 is 0 Å². The molecule has 0 radical (unpaired) electrons. The molecule has 0 aromatic rings.